The third kappa shape index (κ3) is 4.77. The van der Waals surface area contributed by atoms with Crippen molar-refractivity contribution in [2.24, 2.45) is 0 Å². The van der Waals surface area contributed by atoms with E-state index in [9.17, 15) is 9.59 Å². The minimum Gasteiger partial charge on any atom is -0.465 e. The van der Waals surface area contributed by atoms with E-state index < -0.39 is 5.97 Å². The summed E-state index contributed by atoms with van der Waals surface area (Å²) in [7, 11) is 1.30. The number of ether oxygens (including phenoxy) is 1. The summed E-state index contributed by atoms with van der Waals surface area (Å²) in [4.78, 5) is 23.4. The molecule has 118 valence electrons. The maximum atomic E-state index is 12.1. The molecule has 0 spiro atoms. The van der Waals surface area contributed by atoms with E-state index in [1.54, 1.807) is 24.3 Å². The molecule has 2 aromatic carbocycles. The highest BCUT2D eigenvalue weighted by molar-refractivity contribution is 7.80. The minimum absolute atomic E-state index is 0.161. The van der Waals surface area contributed by atoms with Gasteiger partial charge in [0.2, 0.25) is 0 Å². The number of hydrogen-bond acceptors (Lipinski definition) is 4. The summed E-state index contributed by atoms with van der Waals surface area (Å²) in [6.07, 6.45) is 0. The van der Waals surface area contributed by atoms with Gasteiger partial charge in [0, 0.05) is 16.3 Å². The molecule has 7 heteroatoms. The quantitative estimate of drug-likeness (QED) is 0.658. The van der Waals surface area contributed by atoms with Crippen LogP contribution in [0.2, 0.25) is 5.02 Å². The fraction of sp³-hybridized carbons (Fsp3) is 0.0625. The molecule has 0 atom stereocenters. The molecule has 0 aliphatic heterocycles. The van der Waals surface area contributed by atoms with E-state index in [0.29, 0.717) is 21.8 Å². The van der Waals surface area contributed by atoms with Crippen LogP contribution in [0.5, 0.6) is 0 Å². The summed E-state index contributed by atoms with van der Waals surface area (Å²) in [6.45, 7) is 0. The summed E-state index contributed by atoms with van der Waals surface area (Å²) in [5.74, 6) is -0.843. The highest BCUT2D eigenvalue weighted by atomic mass is 35.5. The van der Waals surface area contributed by atoms with Crippen LogP contribution in [0.25, 0.3) is 0 Å². The molecule has 0 radical (unpaired) electrons. The zero-order valence-electron chi connectivity index (χ0n) is 12.1. The van der Waals surface area contributed by atoms with Gasteiger partial charge in [0.25, 0.3) is 5.91 Å². The molecule has 0 bridgehead atoms. The van der Waals surface area contributed by atoms with Gasteiger partial charge in [0.05, 0.1) is 12.7 Å². The third-order valence-electron chi connectivity index (χ3n) is 2.90. The average molecular weight is 349 g/mol. The van der Waals surface area contributed by atoms with Gasteiger partial charge in [-0.3, -0.25) is 10.1 Å². The van der Waals surface area contributed by atoms with Gasteiger partial charge >= 0.3 is 5.97 Å². The van der Waals surface area contributed by atoms with Crippen LogP contribution in [0.1, 0.15) is 20.7 Å². The number of thiocarbonyl (C=S) groups is 1. The van der Waals surface area contributed by atoms with E-state index in [2.05, 4.69) is 15.4 Å². The summed E-state index contributed by atoms with van der Waals surface area (Å²) >= 11 is 10.9. The van der Waals surface area contributed by atoms with Gasteiger partial charge in [-0.05, 0) is 60.7 Å². The summed E-state index contributed by atoms with van der Waals surface area (Å²) in [5.41, 5.74) is 1.45. The predicted octanol–water partition coefficient (Wildman–Crippen LogP) is 3.25. The molecule has 2 rings (SSSR count). The van der Waals surface area contributed by atoms with Crippen LogP contribution in [0.15, 0.2) is 48.5 Å². The second-order valence-electron chi connectivity index (χ2n) is 4.48. The van der Waals surface area contributed by atoms with Crippen molar-refractivity contribution in [3.63, 3.8) is 0 Å². The fourth-order valence-corrected chi connectivity index (χ4v) is 2.08. The van der Waals surface area contributed by atoms with E-state index in [4.69, 9.17) is 23.8 Å². The first-order chi connectivity index (χ1) is 11.0. The number of carbonyl (C=O) groups is 2. The maximum Gasteiger partial charge on any atom is 0.337 e. The molecular formula is C16H13ClN2O3S. The molecule has 0 aromatic heterocycles. The Kier molecular flexibility index (Phi) is 5.67. The number of carbonyl (C=O) groups excluding carboxylic acids is 2. The van der Waals surface area contributed by atoms with Crippen molar-refractivity contribution in [1.29, 1.82) is 0 Å². The summed E-state index contributed by atoms with van der Waals surface area (Å²) in [6, 6.07) is 13.0. The van der Waals surface area contributed by atoms with Crippen LogP contribution in [0.3, 0.4) is 0 Å². The molecule has 2 N–H and O–H groups in total. The normalized spacial score (nSPS) is 9.83. The Bertz CT molecular complexity index is 730. The maximum absolute atomic E-state index is 12.1. The second kappa shape index (κ2) is 7.71. The molecule has 0 fully saturated rings. The predicted molar refractivity (Wildman–Crippen MR) is 92.9 cm³/mol. The van der Waals surface area contributed by atoms with Crippen LogP contribution in [-0.4, -0.2) is 24.1 Å². The Morgan fingerprint density at radius 3 is 2.13 bits per heavy atom. The van der Waals surface area contributed by atoms with Crippen LogP contribution in [0, 0.1) is 0 Å². The molecule has 23 heavy (non-hydrogen) atoms. The Labute approximate surface area is 143 Å². The lowest BCUT2D eigenvalue weighted by Crippen LogP contribution is -2.34. The highest BCUT2D eigenvalue weighted by Crippen LogP contribution is 2.13. The molecule has 2 aromatic rings. The van der Waals surface area contributed by atoms with Gasteiger partial charge in [0.15, 0.2) is 5.11 Å². The molecule has 0 heterocycles. The number of hydrogen-bond donors (Lipinski definition) is 2. The van der Waals surface area contributed by atoms with Crippen LogP contribution in [-0.2, 0) is 4.74 Å². The van der Waals surface area contributed by atoms with Gasteiger partial charge < -0.3 is 10.1 Å². The number of esters is 1. The molecule has 0 aliphatic rings. The van der Waals surface area contributed by atoms with E-state index in [0.717, 1.165) is 0 Å². The lowest BCUT2D eigenvalue weighted by atomic mass is 10.1. The number of nitrogens with one attached hydrogen (secondary N) is 2. The van der Waals surface area contributed by atoms with Gasteiger partial charge in [0.1, 0.15) is 0 Å². The highest BCUT2D eigenvalue weighted by Gasteiger charge is 2.10. The summed E-state index contributed by atoms with van der Waals surface area (Å²) in [5, 5.41) is 6.20. The Morgan fingerprint density at radius 2 is 1.57 bits per heavy atom. The number of amides is 1. The first-order valence-electron chi connectivity index (χ1n) is 6.56. The first kappa shape index (κ1) is 16.9. The van der Waals surface area contributed by atoms with Crippen molar-refractivity contribution in [2.45, 2.75) is 0 Å². The molecular weight excluding hydrogens is 336 g/mol. The molecule has 0 aliphatic carbocycles. The molecule has 0 unspecified atom stereocenters. The van der Waals surface area contributed by atoms with Crippen LogP contribution < -0.4 is 10.6 Å². The number of benzene rings is 2. The molecule has 0 saturated carbocycles. The minimum atomic E-state index is -0.461. The number of halogens is 1. The standard InChI is InChI=1S/C16H13ClN2O3S/c1-22-15(21)11-4-2-10(3-5-11)14(20)19-16(23)18-13-8-6-12(17)7-9-13/h2-9H,1H3,(H2,18,19,20,23). The van der Waals surface area contributed by atoms with Crippen molar-refractivity contribution in [2.75, 3.05) is 12.4 Å². The topological polar surface area (TPSA) is 67.4 Å². The van der Waals surface area contributed by atoms with E-state index >= 15 is 0 Å². The van der Waals surface area contributed by atoms with Gasteiger partial charge in [-0.2, -0.15) is 0 Å². The lowest BCUT2D eigenvalue weighted by molar-refractivity contribution is 0.0600. The lowest BCUT2D eigenvalue weighted by Gasteiger charge is -2.10. The van der Waals surface area contributed by atoms with E-state index in [1.165, 1.54) is 31.4 Å². The average Bonchev–Trinajstić information content (AvgIpc) is 2.56. The monoisotopic (exact) mass is 348 g/mol. The zero-order valence-corrected chi connectivity index (χ0v) is 13.7. The van der Waals surface area contributed by atoms with Gasteiger partial charge in [-0.15, -0.1) is 0 Å². The SMILES string of the molecule is COC(=O)c1ccc(C(=O)NC(=S)Nc2ccc(Cl)cc2)cc1. The Balaban J connectivity index is 1.96. The van der Waals surface area contributed by atoms with E-state index in [1.807, 2.05) is 0 Å². The molecule has 5 nitrogen and oxygen atoms in total. The van der Waals surface area contributed by atoms with Crippen molar-refractivity contribution in [3.05, 3.63) is 64.7 Å². The van der Waals surface area contributed by atoms with E-state index in [-0.39, 0.29) is 11.0 Å². The van der Waals surface area contributed by atoms with Crippen molar-refractivity contribution >= 4 is 46.5 Å². The molecule has 0 saturated heterocycles. The first-order valence-corrected chi connectivity index (χ1v) is 7.34. The smallest absolute Gasteiger partial charge is 0.337 e. The van der Waals surface area contributed by atoms with Crippen molar-refractivity contribution < 1.29 is 14.3 Å². The zero-order chi connectivity index (χ0) is 16.8. The third-order valence-corrected chi connectivity index (χ3v) is 3.35. The fourth-order valence-electron chi connectivity index (χ4n) is 1.75. The summed E-state index contributed by atoms with van der Waals surface area (Å²) < 4.78 is 4.60. The largest absolute Gasteiger partial charge is 0.465 e. The van der Waals surface area contributed by atoms with Gasteiger partial charge in [-0.25, -0.2) is 4.79 Å². The Morgan fingerprint density at radius 1 is 1.00 bits per heavy atom. The Hall–Kier alpha value is -2.44. The number of methoxy groups -OCH3 is 1. The number of rotatable bonds is 3. The number of anilines is 1. The van der Waals surface area contributed by atoms with Crippen molar-refractivity contribution in [1.82, 2.24) is 5.32 Å². The second-order valence-corrected chi connectivity index (χ2v) is 5.33. The van der Waals surface area contributed by atoms with Crippen molar-refractivity contribution in [3.8, 4) is 0 Å². The van der Waals surface area contributed by atoms with Gasteiger partial charge in [-0.1, -0.05) is 11.6 Å². The van der Waals surface area contributed by atoms with Crippen LogP contribution in [0.4, 0.5) is 5.69 Å². The molecule has 1 amide bonds. The van der Waals surface area contributed by atoms with Crippen LogP contribution >= 0.6 is 23.8 Å².